The maximum absolute atomic E-state index is 13.4. The molecule has 0 aliphatic rings. The zero-order valence-corrected chi connectivity index (χ0v) is 15.6. The van der Waals surface area contributed by atoms with E-state index in [4.69, 9.17) is 10.00 Å². The van der Waals surface area contributed by atoms with Gasteiger partial charge in [0.25, 0.3) is 0 Å². The first-order valence-electron chi connectivity index (χ1n) is 8.57. The Bertz CT molecular complexity index is 930. The molecule has 0 fully saturated rings. The summed E-state index contributed by atoms with van der Waals surface area (Å²) in [5.41, 5.74) is -1.95. The number of ether oxygens (including phenoxy) is 1. The zero-order valence-electron chi connectivity index (χ0n) is 15.6. The Morgan fingerprint density at radius 1 is 1.07 bits per heavy atom. The first-order chi connectivity index (χ1) is 13.9. The highest BCUT2D eigenvalue weighted by Gasteiger charge is 2.38. The van der Waals surface area contributed by atoms with Gasteiger partial charge in [-0.05, 0) is 49.4 Å². The van der Waals surface area contributed by atoms with E-state index in [9.17, 15) is 31.1 Å². The number of nitriles is 1. The summed E-state index contributed by atoms with van der Waals surface area (Å²) < 4.78 is 84.4. The minimum atomic E-state index is -4.95. The normalized spacial score (nSPS) is 11.7. The summed E-state index contributed by atoms with van der Waals surface area (Å²) in [5.74, 6) is 0.0706. The van der Waals surface area contributed by atoms with Crippen molar-refractivity contribution in [2.24, 2.45) is 0 Å². The number of nitrogens with zero attached hydrogens (tertiary/aromatic N) is 2. The Kier molecular flexibility index (Phi) is 6.97. The minimum absolute atomic E-state index is 0.182. The lowest BCUT2D eigenvalue weighted by molar-refractivity contribution is -0.138. The lowest BCUT2D eigenvalue weighted by Gasteiger charge is -2.28. The van der Waals surface area contributed by atoms with Crippen LogP contribution in [0.3, 0.4) is 0 Å². The average Bonchev–Trinajstić information content (AvgIpc) is 2.65. The highest BCUT2D eigenvalue weighted by atomic mass is 19.4. The van der Waals surface area contributed by atoms with Gasteiger partial charge in [-0.2, -0.15) is 31.6 Å². The van der Waals surface area contributed by atoms with Gasteiger partial charge in [-0.25, -0.2) is 0 Å². The van der Waals surface area contributed by atoms with Gasteiger partial charge >= 0.3 is 12.4 Å². The molecule has 0 N–H and O–H groups in total. The SMILES string of the molecule is CC(=O)c1ccc(OCCN(CC(F)(F)F)c2ccc(C#N)cc2C(F)(F)F)cc1. The second-order valence-corrected chi connectivity index (χ2v) is 6.31. The maximum atomic E-state index is 13.4. The summed E-state index contributed by atoms with van der Waals surface area (Å²) >= 11 is 0. The fourth-order valence-electron chi connectivity index (χ4n) is 2.67. The third-order valence-corrected chi connectivity index (χ3v) is 4.03. The molecule has 0 heterocycles. The molecule has 0 amide bonds. The Hall–Kier alpha value is -3.22. The van der Waals surface area contributed by atoms with Crippen molar-refractivity contribution < 1.29 is 35.9 Å². The molecule has 0 unspecified atom stereocenters. The van der Waals surface area contributed by atoms with Gasteiger partial charge in [-0.3, -0.25) is 4.79 Å². The van der Waals surface area contributed by atoms with Crippen molar-refractivity contribution in [1.82, 2.24) is 0 Å². The first kappa shape index (κ1) is 23.1. The van der Waals surface area contributed by atoms with Crippen LogP contribution >= 0.6 is 0 Å². The number of carbonyl (C=O) groups is 1. The molecule has 0 saturated carbocycles. The predicted octanol–water partition coefficient (Wildman–Crippen LogP) is 5.23. The van der Waals surface area contributed by atoms with Crippen molar-refractivity contribution in [2.75, 3.05) is 24.6 Å². The van der Waals surface area contributed by atoms with Crippen molar-refractivity contribution in [1.29, 1.82) is 5.26 Å². The number of alkyl halides is 6. The zero-order chi connectivity index (χ0) is 22.5. The number of Topliss-reactive ketones (excluding diaryl/α,β-unsaturated/α-hetero) is 1. The Labute approximate surface area is 168 Å². The molecule has 0 saturated heterocycles. The van der Waals surface area contributed by atoms with Crippen LogP contribution in [0.1, 0.15) is 28.4 Å². The molecule has 0 spiro atoms. The molecule has 0 aromatic heterocycles. The Morgan fingerprint density at radius 3 is 2.20 bits per heavy atom. The lowest BCUT2D eigenvalue weighted by atomic mass is 10.1. The van der Waals surface area contributed by atoms with Crippen molar-refractivity contribution >= 4 is 11.5 Å². The number of hydrogen-bond acceptors (Lipinski definition) is 4. The van der Waals surface area contributed by atoms with Crippen LogP contribution in [0.5, 0.6) is 5.75 Å². The number of ketones is 1. The summed E-state index contributed by atoms with van der Waals surface area (Å²) in [4.78, 5) is 11.8. The smallest absolute Gasteiger partial charge is 0.418 e. The maximum Gasteiger partial charge on any atom is 0.418 e. The summed E-state index contributed by atoms with van der Waals surface area (Å²) in [7, 11) is 0. The molecule has 30 heavy (non-hydrogen) atoms. The molecule has 2 aromatic rings. The highest BCUT2D eigenvalue weighted by molar-refractivity contribution is 5.94. The predicted molar refractivity (Wildman–Crippen MR) is 96.4 cm³/mol. The number of carbonyl (C=O) groups excluding carboxylic acids is 1. The molecule has 2 rings (SSSR count). The number of halogens is 6. The molecule has 4 nitrogen and oxygen atoms in total. The van der Waals surface area contributed by atoms with Crippen LogP contribution in [0.4, 0.5) is 32.0 Å². The summed E-state index contributed by atoms with van der Waals surface area (Å²) in [6.07, 6.45) is -9.71. The van der Waals surface area contributed by atoms with Gasteiger partial charge in [-0.1, -0.05) is 0 Å². The molecule has 0 aliphatic carbocycles. The number of hydrogen-bond donors (Lipinski definition) is 0. The van der Waals surface area contributed by atoms with E-state index in [1.165, 1.54) is 31.2 Å². The van der Waals surface area contributed by atoms with E-state index in [2.05, 4.69) is 0 Å². The summed E-state index contributed by atoms with van der Waals surface area (Å²) in [5, 5.41) is 8.81. The lowest BCUT2D eigenvalue weighted by Crippen LogP contribution is -2.38. The molecular weight excluding hydrogens is 414 g/mol. The van der Waals surface area contributed by atoms with Gasteiger partial charge in [0.05, 0.1) is 23.7 Å². The van der Waals surface area contributed by atoms with E-state index >= 15 is 0 Å². The molecule has 0 aliphatic heterocycles. The summed E-state index contributed by atoms with van der Waals surface area (Å²) in [6, 6.07) is 9.73. The van der Waals surface area contributed by atoms with E-state index in [1.54, 1.807) is 6.07 Å². The topological polar surface area (TPSA) is 53.3 Å². The molecule has 0 radical (unpaired) electrons. The van der Waals surface area contributed by atoms with Crippen LogP contribution in [0, 0.1) is 11.3 Å². The Balaban J connectivity index is 2.24. The van der Waals surface area contributed by atoms with Crippen LogP contribution in [0.15, 0.2) is 42.5 Å². The molecule has 10 heteroatoms. The van der Waals surface area contributed by atoms with Gasteiger partial charge in [-0.15, -0.1) is 0 Å². The molecule has 0 atom stereocenters. The van der Waals surface area contributed by atoms with Crippen molar-refractivity contribution in [2.45, 2.75) is 19.3 Å². The van der Waals surface area contributed by atoms with Crippen LogP contribution in [0.2, 0.25) is 0 Å². The van der Waals surface area contributed by atoms with Crippen LogP contribution in [0.25, 0.3) is 0 Å². The van der Waals surface area contributed by atoms with Crippen LogP contribution in [-0.4, -0.2) is 31.7 Å². The van der Waals surface area contributed by atoms with Gasteiger partial charge in [0.15, 0.2) is 5.78 Å². The average molecular weight is 430 g/mol. The van der Waals surface area contributed by atoms with Gasteiger partial charge in [0.2, 0.25) is 0 Å². The van der Waals surface area contributed by atoms with Crippen molar-refractivity contribution in [3.63, 3.8) is 0 Å². The van der Waals surface area contributed by atoms with Gasteiger partial charge in [0.1, 0.15) is 18.9 Å². The van der Waals surface area contributed by atoms with E-state index in [-0.39, 0.29) is 23.7 Å². The summed E-state index contributed by atoms with van der Waals surface area (Å²) in [6.45, 7) is -1.11. The van der Waals surface area contributed by atoms with E-state index in [0.29, 0.717) is 16.5 Å². The van der Waals surface area contributed by atoms with E-state index in [0.717, 1.165) is 12.1 Å². The largest absolute Gasteiger partial charge is 0.492 e. The second kappa shape index (κ2) is 9.07. The van der Waals surface area contributed by atoms with E-state index < -0.39 is 36.7 Å². The number of rotatable bonds is 7. The van der Waals surface area contributed by atoms with Gasteiger partial charge < -0.3 is 9.64 Å². The molecule has 0 bridgehead atoms. The minimum Gasteiger partial charge on any atom is -0.492 e. The van der Waals surface area contributed by atoms with E-state index in [1.807, 2.05) is 0 Å². The fourth-order valence-corrected chi connectivity index (χ4v) is 2.67. The standard InChI is InChI=1S/C20H16F6N2O2/c1-13(29)15-3-5-16(6-4-15)30-9-8-28(12-19(21,22)23)18-7-2-14(11-27)10-17(18)20(24,25)26/h2-7,10H,8-9,12H2,1H3. The number of anilines is 1. The molecule has 2 aromatic carbocycles. The number of benzene rings is 2. The fraction of sp³-hybridized carbons (Fsp3) is 0.300. The van der Waals surface area contributed by atoms with Crippen molar-refractivity contribution in [3.8, 4) is 11.8 Å². The van der Waals surface area contributed by atoms with Gasteiger partial charge in [0, 0.05) is 11.3 Å². The van der Waals surface area contributed by atoms with Crippen LogP contribution < -0.4 is 9.64 Å². The van der Waals surface area contributed by atoms with Crippen molar-refractivity contribution in [3.05, 3.63) is 59.2 Å². The highest BCUT2D eigenvalue weighted by Crippen LogP contribution is 2.38. The third kappa shape index (κ3) is 6.40. The quantitative estimate of drug-likeness (QED) is 0.446. The first-order valence-corrected chi connectivity index (χ1v) is 8.57. The van der Waals surface area contributed by atoms with Crippen LogP contribution in [-0.2, 0) is 6.18 Å². The monoisotopic (exact) mass is 430 g/mol. The molecular formula is C20H16F6N2O2. The molecule has 160 valence electrons. The second-order valence-electron chi connectivity index (χ2n) is 6.31. The third-order valence-electron chi connectivity index (χ3n) is 4.03. The Morgan fingerprint density at radius 2 is 1.70 bits per heavy atom.